The fourth-order valence-electron chi connectivity index (χ4n) is 1.50. The number of fused-ring (bicyclic) bond motifs is 1. The molecule has 0 amide bonds. The molecule has 1 heterocycles. The maximum atomic E-state index is 10.8. The van der Waals surface area contributed by atoms with Gasteiger partial charge in [0, 0.05) is 0 Å². The number of hydrogen-bond donors (Lipinski definition) is 1. The number of benzene rings is 1. The zero-order chi connectivity index (χ0) is 11.7. The Bertz CT molecular complexity index is 430. The van der Waals surface area contributed by atoms with E-state index in [0.717, 1.165) is 6.42 Å². The van der Waals surface area contributed by atoms with Crippen molar-refractivity contribution < 1.29 is 19.4 Å². The largest absolute Gasteiger partial charge is 0.486 e. The third kappa shape index (κ3) is 2.00. The van der Waals surface area contributed by atoms with E-state index in [9.17, 15) is 4.79 Å². The Kier molecular flexibility index (Phi) is 3.05. The lowest BCUT2D eigenvalue weighted by atomic mass is 10.2. The van der Waals surface area contributed by atoms with Gasteiger partial charge in [-0.3, -0.25) is 0 Å². The Hall–Kier alpha value is -1.23. The first-order valence-electron chi connectivity index (χ1n) is 4.98. The van der Waals surface area contributed by atoms with Gasteiger partial charge >= 0.3 is 5.97 Å². The minimum atomic E-state index is -0.982. The van der Waals surface area contributed by atoms with Crippen molar-refractivity contribution in [1.82, 2.24) is 0 Å². The Labute approximate surface area is 101 Å². The van der Waals surface area contributed by atoms with E-state index in [4.69, 9.17) is 14.6 Å². The average Bonchev–Trinajstić information content (AvgIpc) is 2.28. The van der Waals surface area contributed by atoms with Gasteiger partial charge in [0.05, 0.1) is 10.0 Å². The number of carboxylic acids is 1. The summed E-state index contributed by atoms with van der Waals surface area (Å²) >= 11 is 3.29. The summed E-state index contributed by atoms with van der Waals surface area (Å²) in [6.45, 7) is 2.47. The summed E-state index contributed by atoms with van der Waals surface area (Å²) in [5, 5.41) is 8.89. The van der Waals surface area contributed by atoms with Crippen LogP contribution in [0.25, 0.3) is 0 Å². The van der Waals surface area contributed by atoms with Crippen LogP contribution in [-0.4, -0.2) is 23.8 Å². The monoisotopic (exact) mass is 286 g/mol. The molecule has 5 heteroatoms. The quantitative estimate of drug-likeness (QED) is 0.908. The van der Waals surface area contributed by atoms with Crippen LogP contribution in [0.4, 0.5) is 0 Å². The minimum absolute atomic E-state index is 0.0273. The molecule has 1 aliphatic rings. The maximum absolute atomic E-state index is 10.8. The van der Waals surface area contributed by atoms with Crippen molar-refractivity contribution in [2.24, 2.45) is 0 Å². The molecule has 0 bridgehead atoms. The van der Waals surface area contributed by atoms with Crippen molar-refractivity contribution in [3.63, 3.8) is 0 Å². The van der Waals surface area contributed by atoms with Crippen LogP contribution in [0.3, 0.4) is 0 Å². The molecule has 1 unspecified atom stereocenters. The topological polar surface area (TPSA) is 55.8 Å². The van der Waals surface area contributed by atoms with E-state index in [0.29, 0.717) is 22.6 Å². The molecular weight excluding hydrogens is 276 g/mol. The summed E-state index contributed by atoms with van der Waals surface area (Å²) in [6.07, 6.45) is 0.881. The third-order valence-electron chi connectivity index (χ3n) is 2.42. The van der Waals surface area contributed by atoms with E-state index in [-0.39, 0.29) is 11.7 Å². The molecule has 2 rings (SSSR count). The summed E-state index contributed by atoms with van der Waals surface area (Å²) in [4.78, 5) is 10.8. The zero-order valence-corrected chi connectivity index (χ0v) is 10.3. The summed E-state index contributed by atoms with van der Waals surface area (Å²) in [6, 6.07) is 3.00. The number of aromatic carboxylic acids is 1. The van der Waals surface area contributed by atoms with E-state index in [1.165, 1.54) is 12.1 Å². The van der Waals surface area contributed by atoms with E-state index in [1.807, 2.05) is 6.92 Å². The molecule has 4 nitrogen and oxygen atoms in total. The fraction of sp³-hybridized carbons (Fsp3) is 0.364. The maximum Gasteiger partial charge on any atom is 0.335 e. The number of carbonyl (C=O) groups is 1. The Morgan fingerprint density at radius 3 is 3.00 bits per heavy atom. The second-order valence-corrected chi connectivity index (χ2v) is 4.40. The summed E-state index contributed by atoms with van der Waals surface area (Å²) < 4.78 is 11.8. The van der Waals surface area contributed by atoms with Crippen molar-refractivity contribution in [3.05, 3.63) is 22.2 Å². The van der Waals surface area contributed by atoms with Crippen LogP contribution in [0.5, 0.6) is 11.5 Å². The molecule has 1 aliphatic heterocycles. The lowest BCUT2D eigenvalue weighted by Crippen LogP contribution is -2.28. The molecule has 1 N–H and O–H groups in total. The third-order valence-corrected chi connectivity index (χ3v) is 3.01. The molecule has 0 radical (unpaired) electrons. The lowest BCUT2D eigenvalue weighted by Gasteiger charge is -2.26. The van der Waals surface area contributed by atoms with Gasteiger partial charge in [-0.25, -0.2) is 4.79 Å². The highest BCUT2D eigenvalue weighted by Gasteiger charge is 2.23. The fourth-order valence-corrected chi connectivity index (χ4v) is 2.03. The molecule has 0 saturated carbocycles. The number of hydrogen-bond acceptors (Lipinski definition) is 3. The molecule has 1 aromatic rings. The smallest absolute Gasteiger partial charge is 0.335 e. The van der Waals surface area contributed by atoms with Crippen LogP contribution in [0.2, 0.25) is 0 Å². The molecule has 0 aromatic heterocycles. The van der Waals surface area contributed by atoms with Crippen molar-refractivity contribution >= 4 is 21.9 Å². The first-order valence-corrected chi connectivity index (χ1v) is 5.77. The van der Waals surface area contributed by atoms with Gasteiger partial charge in [-0.1, -0.05) is 6.92 Å². The van der Waals surface area contributed by atoms with Gasteiger partial charge in [-0.15, -0.1) is 0 Å². The number of ether oxygens (including phenoxy) is 2. The number of carboxylic acid groups (broad SMARTS) is 1. The Balaban J connectivity index is 2.40. The van der Waals surface area contributed by atoms with Gasteiger partial charge in [-0.2, -0.15) is 0 Å². The van der Waals surface area contributed by atoms with Crippen molar-refractivity contribution in [2.75, 3.05) is 6.61 Å². The predicted molar refractivity (Wildman–Crippen MR) is 61.3 cm³/mol. The molecule has 1 atom stereocenters. The van der Waals surface area contributed by atoms with E-state index >= 15 is 0 Å². The number of rotatable bonds is 2. The normalized spacial score (nSPS) is 18.2. The number of halogens is 1. The summed E-state index contributed by atoms with van der Waals surface area (Å²) in [5.74, 6) is 0.0873. The van der Waals surface area contributed by atoms with Crippen LogP contribution in [-0.2, 0) is 0 Å². The van der Waals surface area contributed by atoms with Gasteiger partial charge < -0.3 is 14.6 Å². The molecular formula is C11H11BrO4. The van der Waals surface area contributed by atoms with E-state index in [2.05, 4.69) is 15.9 Å². The zero-order valence-electron chi connectivity index (χ0n) is 8.70. The molecule has 1 aromatic carbocycles. The molecule has 16 heavy (non-hydrogen) atoms. The van der Waals surface area contributed by atoms with Crippen molar-refractivity contribution in [1.29, 1.82) is 0 Å². The first kappa shape index (κ1) is 11.3. The lowest BCUT2D eigenvalue weighted by molar-refractivity contribution is 0.0691. The second kappa shape index (κ2) is 4.33. The van der Waals surface area contributed by atoms with E-state index in [1.54, 1.807) is 0 Å². The molecule has 0 aliphatic carbocycles. The second-order valence-electron chi connectivity index (χ2n) is 3.55. The van der Waals surface area contributed by atoms with Gasteiger partial charge in [0.2, 0.25) is 0 Å². The molecule has 0 fully saturated rings. The van der Waals surface area contributed by atoms with Gasteiger partial charge in [0.1, 0.15) is 12.7 Å². The molecule has 0 saturated heterocycles. The van der Waals surface area contributed by atoms with E-state index < -0.39 is 5.97 Å². The van der Waals surface area contributed by atoms with Crippen LogP contribution >= 0.6 is 15.9 Å². The highest BCUT2D eigenvalue weighted by Crippen LogP contribution is 2.40. The molecule has 0 spiro atoms. The van der Waals surface area contributed by atoms with Crippen LogP contribution in [0.1, 0.15) is 23.7 Å². The van der Waals surface area contributed by atoms with Crippen LogP contribution in [0.15, 0.2) is 16.6 Å². The first-order chi connectivity index (χ1) is 7.61. The minimum Gasteiger partial charge on any atom is -0.486 e. The van der Waals surface area contributed by atoms with Gasteiger partial charge in [0.15, 0.2) is 11.5 Å². The Morgan fingerprint density at radius 2 is 2.38 bits per heavy atom. The van der Waals surface area contributed by atoms with Crippen LogP contribution in [0, 0.1) is 0 Å². The standard InChI is InChI=1S/C11H11BrO4/c1-2-7-5-15-9-4-6(11(13)14)3-8(12)10(9)16-7/h3-4,7H,2,5H2,1H3,(H,13,14). The highest BCUT2D eigenvalue weighted by molar-refractivity contribution is 9.10. The molecule has 86 valence electrons. The van der Waals surface area contributed by atoms with Gasteiger partial charge in [0.25, 0.3) is 0 Å². The van der Waals surface area contributed by atoms with Crippen molar-refractivity contribution in [3.8, 4) is 11.5 Å². The summed E-state index contributed by atoms with van der Waals surface area (Å²) in [7, 11) is 0. The SMILES string of the molecule is CCC1COc2cc(C(=O)O)cc(Br)c2O1. The van der Waals surface area contributed by atoms with Crippen molar-refractivity contribution in [2.45, 2.75) is 19.4 Å². The average molecular weight is 287 g/mol. The highest BCUT2D eigenvalue weighted by atomic mass is 79.9. The van der Waals surface area contributed by atoms with Gasteiger partial charge in [-0.05, 0) is 34.5 Å². The predicted octanol–water partition coefficient (Wildman–Crippen LogP) is 2.70. The summed E-state index contributed by atoms with van der Waals surface area (Å²) in [5.41, 5.74) is 0.184. The Morgan fingerprint density at radius 1 is 1.62 bits per heavy atom. The van der Waals surface area contributed by atoms with Crippen LogP contribution < -0.4 is 9.47 Å².